The van der Waals surface area contributed by atoms with E-state index in [0.717, 1.165) is 42.5 Å². The van der Waals surface area contributed by atoms with Crippen LogP contribution in [-0.4, -0.2) is 32.8 Å². The van der Waals surface area contributed by atoms with Gasteiger partial charge in [-0.15, -0.1) is 0 Å². The quantitative estimate of drug-likeness (QED) is 0.774. The molecule has 1 aliphatic rings. The molecule has 0 amide bonds. The molecule has 2 aromatic heterocycles. The Morgan fingerprint density at radius 3 is 2.92 bits per heavy atom. The molecule has 1 aliphatic heterocycles. The number of hydrogen-bond acceptors (Lipinski definition) is 5. The summed E-state index contributed by atoms with van der Waals surface area (Å²) < 4.78 is 15.5. The summed E-state index contributed by atoms with van der Waals surface area (Å²) >= 11 is 0. The Kier molecular flexibility index (Phi) is 3.86. The molecule has 2 N–H and O–H groups in total. The highest BCUT2D eigenvalue weighted by Crippen LogP contribution is 2.28. The molecule has 0 aliphatic carbocycles. The van der Waals surface area contributed by atoms with E-state index < -0.39 is 0 Å². The van der Waals surface area contributed by atoms with Crippen LogP contribution in [0, 0.1) is 12.7 Å². The summed E-state index contributed by atoms with van der Waals surface area (Å²) in [4.78, 5) is 8.73. The SMILES string of the molecule is Cc1ccc(F)cc1Nc1ncnc2c1cnn2C1CCNCC1. The highest BCUT2D eigenvalue weighted by molar-refractivity contribution is 5.88. The van der Waals surface area contributed by atoms with Crippen LogP contribution in [0.3, 0.4) is 0 Å². The fraction of sp³-hybridized carbons (Fsp3) is 0.353. The van der Waals surface area contributed by atoms with Gasteiger partial charge in [0.05, 0.1) is 17.6 Å². The largest absolute Gasteiger partial charge is 0.339 e. The number of piperidine rings is 1. The number of hydrogen-bond donors (Lipinski definition) is 2. The van der Waals surface area contributed by atoms with Crippen LogP contribution >= 0.6 is 0 Å². The monoisotopic (exact) mass is 326 g/mol. The van der Waals surface area contributed by atoms with Gasteiger partial charge in [-0.05, 0) is 50.6 Å². The van der Waals surface area contributed by atoms with Gasteiger partial charge in [0.2, 0.25) is 0 Å². The normalized spacial score (nSPS) is 15.8. The number of nitrogens with zero attached hydrogens (tertiary/aromatic N) is 4. The number of fused-ring (bicyclic) bond motifs is 1. The van der Waals surface area contributed by atoms with Crippen molar-refractivity contribution in [3.63, 3.8) is 0 Å². The van der Waals surface area contributed by atoms with E-state index in [-0.39, 0.29) is 5.82 Å². The Morgan fingerprint density at radius 2 is 2.08 bits per heavy atom. The van der Waals surface area contributed by atoms with Crippen LogP contribution < -0.4 is 10.6 Å². The van der Waals surface area contributed by atoms with E-state index in [1.54, 1.807) is 12.3 Å². The van der Waals surface area contributed by atoms with Gasteiger partial charge in [0, 0.05) is 5.69 Å². The molecular weight excluding hydrogens is 307 g/mol. The summed E-state index contributed by atoms with van der Waals surface area (Å²) in [5, 5.41) is 12.0. The Bertz CT molecular complexity index is 869. The molecule has 0 bridgehead atoms. The highest BCUT2D eigenvalue weighted by Gasteiger charge is 2.20. The number of halogens is 1. The average molecular weight is 326 g/mol. The Labute approximate surface area is 139 Å². The van der Waals surface area contributed by atoms with Crippen LogP contribution in [0.2, 0.25) is 0 Å². The van der Waals surface area contributed by atoms with Gasteiger partial charge < -0.3 is 10.6 Å². The molecule has 24 heavy (non-hydrogen) atoms. The number of nitrogens with one attached hydrogen (secondary N) is 2. The first-order valence-electron chi connectivity index (χ1n) is 8.14. The van der Waals surface area contributed by atoms with Crippen molar-refractivity contribution in [2.45, 2.75) is 25.8 Å². The Hall–Kier alpha value is -2.54. The second kappa shape index (κ2) is 6.16. The molecule has 3 aromatic rings. The lowest BCUT2D eigenvalue weighted by atomic mass is 10.1. The summed E-state index contributed by atoms with van der Waals surface area (Å²) in [7, 11) is 0. The van der Waals surface area contributed by atoms with Crippen LogP contribution in [0.15, 0.2) is 30.7 Å². The molecule has 0 radical (unpaired) electrons. The maximum Gasteiger partial charge on any atom is 0.163 e. The van der Waals surface area contributed by atoms with Crippen molar-refractivity contribution in [1.29, 1.82) is 0 Å². The first kappa shape index (κ1) is 15.0. The van der Waals surface area contributed by atoms with Crippen molar-refractivity contribution in [2.24, 2.45) is 0 Å². The van der Waals surface area contributed by atoms with Crippen LogP contribution in [-0.2, 0) is 0 Å². The fourth-order valence-corrected chi connectivity index (χ4v) is 3.14. The van der Waals surface area contributed by atoms with Gasteiger partial charge in [-0.2, -0.15) is 5.10 Å². The number of aromatic nitrogens is 4. The molecule has 1 fully saturated rings. The van der Waals surface area contributed by atoms with E-state index in [2.05, 4.69) is 25.7 Å². The summed E-state index contributed by atoms with van der Waals surface area (Å²) in [6, 6.07) is 5.02. The first-order chi connectivity index (χ1) is 11.7. The van der Waals surface area contributed by atoms with E-state index in [4.69, 9.17) is 0 Å². The topological polar surface area (TPSA) is 67.7 Å². The lowest BCUT2D eigenvalue weighted by Crippen LogP contribution is -2.29. The van der Waals surface area contributed by atoms with Gasteiger partial charge in [0.1, 0.15) is 18.0 Å². The van der Waals surface area contributed by atoms with Gasteiger partial charge in [0.25, 0.3) is 0 Å². The molecule has 0 atom stereocenters. The van der Waals surface area contributed by atoms with E-state index in [0.29, 0.717) is 17.5 Å². The second-order valence-electron chi connectivity index (χ2n) is 6.11. The van der Waals surface area contributed by atoms with Crippen LogP contribution in [0.25, 0.3) is 11.0 Å². The molecule has 6 nitrogen and oxygen atoms in total. The van der Waals surface area contributed by atoms with Gasteiger partial charge >= 0.3 is 0 Å². The molecule has 1 saturated heterocycles. The fourth-order valence-electron chi connectivity index (χ4n) is 3.14. The van der Waals surface area contributed by atoms with Gasteiger partial charge in [-0.1, -0.05) is 6.07 Å². The molecule has 3 heterocycles. The zero-order valence-corrected chi connectivity index (χ0v) is 13.5. The number of rotatable bonds is 3. The molecule has 0 saturated carbocycles. The van der Waals surface area contributed by atoms with Gasteiger partial charge in [-0.3, -0.25) is 0 Å². The minimum Gasteiger partial charge on any atom is -0.339 e. The lowest BCUT2D eigenvalue weighted by molar-refractivity contribution is 0.349. The van der Waals surface area contributed by atoms with Crippen molar-refractivity contribution in [1.82, 2.24) is 25.1 Å². The highest BCUT2D eigenvalue weighted by atomic mass is 19.1. The van der Waals surface area contributed by atoms with Gasteiger partial charge in [-0.25, -0.2) is 19.0 Å². The third-order valence-electron chi connectivity index (χ3n) is 4.50. The summed E-state index contributed by atoms with van der Waals surface area (Å²) in [5.41, 5.74) is 2.46. The third-order valence-corrected chi connectivity index (χ3v) is 4.50. The molecular formula is C17H19FN6. The van der Waals surface area contributed by atoms with Crippen molar-refractivity contribution >= 4 is 22.5 Å². The summed E-state index contributed by atoms with van der Waals surface area (Å²) in [6.45, 7) is 3.91. The average Bonchev–Trinajstić information content (AvgIpc) is 3.04. The zero-order chi connectivity index (χ0) is 16.5. The molecule has 0 unspecified atom stereocenters. The van der Waals surface area contributed by atoms with Gasteiger partial charge in [0.15, 0.2) is 5.65 Å². The molecule has 7 heteroatoms. The second-order valence-corrected chi connectivity index (χ2v) is 6.11. The number of aryl methyl sites for hydroxylation is 1. The van der Waals surface area contributed by atoms with Crippen molar-refractivity contribution in [3.05, 3.63) is 42.1 Å². The Balaban J connectivity index is 1.71. The number of anilines is 2. The van der Waals surface area contributed by atoms with Crippen molar-refractivity contribution < 1.29 is 4.39 Å². The van der Waals surface area contributed by atoms with Crippen LogP contribution in [0.1, 0.15) is 24.4 Å². The maximum absolute atomic E-state index is 13.5. The number of benzene rings is 1. The maximum atomic E-state index is 13.5. The molecule has 4 rings (SSSR count). The van der Waals surface area contributed by atoms with E-state index >= 15 is 0 Å². The summed E-state index contributed by atoms with van der Waals surface area (Å²) in [6.07, 6.45) is 5.38. The van der Waals surface area contributed by atoms with E-state index in [1.165, 1.54) is 18.5 Å². The Morgan fingerprint density at radius 1 is 1.25 bits per heavy atom. The smallest absolute Gasteiger partial charge is 0.163 e. The van der Waals surface area contributed by atoms with Crippen molar-refractivity contribution in [2.75, 3.05) is 18.4 Å². The molecule has 0 spiro atoms. The minimum absolute atomic E-state index is 0.279. The summed E-state index contributed by atoms with van der Waals surface area (Å²) in [5.74, 6) is 0.368. The van der Waals surface area contributed by atoms with E-state index in [9.17, 15) is 4.39 Å². The molecule has 1 aromatic carbocycles. The lowest BCUT2D eigenvalue weighted by Gasteiger charge is -2.23. The standard InChI is InChI=1S/C17H19FN6/c1-11-2-3-12(18)8-15(11)23-16-14-9-22-24(17(14)21-10-20-16)13-4-6-19-7-5-13/h2-3,8-10,13,19H,4-7H2,1H3,(H,20,21,23). The molecule has 124 valence electrons. The predicted molar refractivity (Wildman–Crippen MR) is 90.9 cm³/mol. The van der Waals surface area contributed by atoms with E-state index in [1.807, 2.05) is 11.6 Å². The zero-order valence-electron chi connectivity index (χ0n) is 13.5. The van der Waals surface area contributed by atoms with Crippen LogP contribution in [0.5, 0.6) is 0 Å². The third kappa shape index (κ3) is 2.71. The van der Waals surface area contributed by atoms with Crippen LogP contribution in [0.4, 0.5) is 15.9 Å². The predicted octanol–water partition coefficient (Wildman–Crippen LogP) is 2.94. The minimum atomic E-state index is -0.279. The van der Waals surface area contributed by atoms with Crippen molar-refractivity contribution in [3.8, 4) is 0 Å². The first-order valence-corrected chi connectivity index (χ1v) is 8.14.